The number of nitrogens with one attached hydrogen (secondary N) is 2. The lowest BCUT2D eigenvalue weighted by Gasteiger charge is -2.04. The van der Waals surface area contributed by atoms with Crippen LogP contribution in [0.1, 0.15) is 9.75 Å². The van der Waals surface area contributed by atoms with Gasteiger partial charge in [0.25, 0.3) is 0 Å². The van der Waals surface area contributed by atoms with Crippen LogP contribution in [0.5, 0.6) is 0 Å². The average Bonchev–Trinajstić information content (AvgIpc) is 2.61. The Kier molecular flexibility index (Phi) is 4.74. The standard InChI is InChI=1S/C9H12N2O4S/c1-6-2-3-7(16-6)4-10-9(14)11-15-5-8(12)13/h2-3H,4-5H2,1H3,(H,12,13)(H2,10,11,14). The van der Waals surface area contributed by atoms with Crippen LogP contribution in [-0.4, -0.2) is 23.7 Å². The molecule has 0 aliphatic heterocycles. The number of urea groups is 1. The second-order valence-electron chi connectivity index (χ2n) is 2.98. The van der Waals surface area contributed by atoms with E-state index in [2.05, 4.69) is 10.2 Å². The van der Waals surface area contributed by atoms with Gasteiger partial charge in [0.1, 0.15) is 0 Å². The van der Waals surface area contributed by atoms with Crippen LogP contribution in [0.25, 0.3) is 0 Å². The summed E-state index contributed by atoms with van der Waals surface area (Å²) in [4.78, 5) is 27.7. The molecule has 0 aliphatic carbocycles. The van der Waals surface area contributed by atoms with Gasteiger partial charge in [-0.3, -0.25) is 4.84 Å². The van der Waals surface area contributed by atoms with Gasteiger partial charge in [-0.1, -0.05) is 0 Å². The molecular weight excluding hydrogens is 232 g/mol. The average molecular weight is 244 g/mol. The van der Waals surface area contributed by atoms with E-state index in [4.69, 9.17) is 5.11 Å². The molecular formula is C9H12N2O4S. The summed E-state index contributed by atoms with van der Waals surface area (Å²) in [6.45, 7) is 1.80. The number of carboxylic acids is 1. The molecule has 0 unspecified atom stereocenters. The fourth-order valence-corrected chi connectivity index (χ4v) is 1.78. The maximum atomic E-state index is 11.1. The van der Waals surface area contributed by atoms with Crippen LogP contribution < -0.4 is 10.8 Å². The molecule has 0 saturated heterocycles. The fraction of sp³-hybridized carbons (Fsp3) is 0.333. The maximum absolute atomic E-state index is 11.1. The molecule has 1 rings (SSSR count). The maximum Gasteiger partial charge on any atom is 0.339 e. The highest BCUT2D eigenvalue weighted by molar-refractivity contribution is 7.11. The van der Waals surface area contributed by atoms with Crippen LogP contribution in [0.15, 0.2) is 12.1 Å². The number of carboxylic acid groups (broad SMARTS) is 1. The molecule has 1 aromatic heterocycles. The summed E-state index contributed by atoms with van der Waals surface area (Å²) in [6.07, 6.45) is 0. The predicted molar refractivity (Wildman–Crippen MR) is 58.0 cm³/mol. The number of thiophene rings is 1. The highest BCUT2D eigenvalue weighted by Gasteiger charge is 2.03. The van der Waals surface area contributed by atoms with Crippen molar-refractivity contribution in [2.24, 2.45) is 0 Å². The van der Waals surface area contributed by atoms with Gasteiger partial charge < -0.3 is 10.4 Å². The second-order valence-corrected chi connectivity index (χ2v) is 4.35. The molecule has 1 heterocycles. The fourth-order valence-electron chi connectivity index (χ4n) is 0.947. The van der Waals surface area contributed by atoms with Crippen LogP contribution in [0.4, 0.5) is 4.79 Å². The van der Waals surface area contributed by atoms with Gasteiger partial charge in [-0.05, 0) is 19.1 Å². The Morgan fingerprint density at radius 3 is 2.81 bits per heavy atom. The van der Waals surface area contributed by atoms with E-state index in [-0.39, 0.29) is 0 Å². The van der Waals surface area contributed by atoms with Crippen molar-refractivity contribution in [2.75, 3.05) is 6.61 Å². The van der Waals surface area contributed by atoms with Crippen molar-refractivity contribution in [2.45, 2.75) is 13.5 Å². The first kappa shape index (κ1) is 12.5. The minimum Gasteiger partial charge on any atom is -0.479 e. The third-order valence-corrected chi connectivity index (χ3v) is 2.58. The molecule has 0 spiro atoms. The van der Waals surface area contributed by atoms with E-state index >= 15 is 0 Å². The first-order chi connectivity index (χ1) is 7.58. The minimum atomic E-state index is -1.14. The summed E-state index contributed by atoms with van der Waals surface area (Å²) in [5, 5.41) is 10.8. The zero-order chi connectivity index (χ0) is 12.0. The van der Waals surface area contributed by atoms with Crippen LogP contribution in [-0.2, 0) is 16.2 Å². The Hall–Kier alpha value is -1.60. The molecule has 0 fully saturated rings. The molecule has 3 N–H and O–H groups in total. The Labute approximate surface area is 96.2 Å². The van der Waals surface area contributed by atoms with Crippen LogP contribution >= 0.6 is 11.3 Å². The van der Waals surface area contributed by atoms with Crippen molar-refractivity contribution in [1.29, 1.82) is 0 Å². The zero-order valence-corrected chi connectivity index (χ0v) is 9.47. The van der Waals surface area contributed by atoms with Crippen molar-refractivity contribution in [3.63, 3.8) is 0 Å². The van der Waals surface area contributed by atoms with Gasteiger partial charge in [0.15, 0.2) is 6.61 Å². The molecule has 0 atom stereocenters. The van der Waals surface area contributed by atoms with Gasteiger partial charge in [-0.25, -0.2) is 15.1 Å². The quantitative estimate of drug-likeness (QED) is 0.671. The summed E-state index contributed by atoms with van der Waals surface area (Å²) < 4.78 is 0. The molecule has 0 radical (unpaired) electrons. The number of carbonyl (C=O) groups excluding carboxylic acids is 1. The van der Waals surface area contributed by atoms with Crippen LogP contribution in [0, 0.1) is 6.92 Å². The highest BCUT2D eigenvalue weighted by atomic mass is 32.1. The summed E-state index contributed by atoms with van der Waals surface area (Å²) >= 11 is 1.58. The third-order valence-electron chi connectivity index (χ3n) is 1.58. The normalized spacial score (nSPS) is 9.81. The Balaban J connectivity index is 2.17. The van der Waals surface area contributed by atoms with Crippen molar-refractivity contribution in [3.8, 4) is 0 Å². The number of aliphatic carboxylic acids is 1. The summed E-state index contributed by atoms with van der Waals surface area (Å²) in [5.41, 5.74) is 1.96. The van der Waals surface area contributed by atoms with Crippen LogP contribution in [0.3, 0.4) is 0 Å². The molecule has 0 bridgehead atoms. The lowest BCUT2D eigenvalue weighted by molar-refractivity contribution is -0.144. The zero-order valence-electron chi connectivity index (χ0n) is 8.65. The van der Waals surface area contributed by atoms with Gasteiger partial charge in [-0.15, -0.1) is 11.3 Å². The summed E-state index contributed by atoms with van der Waals surface area (Å²) in [7, 11) is 0. The van der Waals surface area contributed by atoms with Gasteiger partial charge in [0.2, 0.25) is 0 Å². The first-order valence-corrected chi connectivity index (χ1v) is 5.32. The van der Waals surface area contributed by atoms with E-state index in [1.807, 2.05) is 24.5 Å². The number of rotatable bonds is 5. The third kappa shape index (κ3) is 4.76. The second kappa shape index (κ2) is 6.09. The minimum absolute atomic E-state index is 0.390. The lowest BCUT2D eigenvalue weighted by atomic mass is 10.4. The SMILES string of the molecule is Cc1ccc(CNC(=O)NOCC(=O)O)s1. The topological polar surface area (TPSA) is 87.7 Å². The Morgan fingerprint density at radius 1 is 1.50 bits per heavy atom. The predicted octanol–water partition coefficient (Wildman–Crippen LogP) is 0.872. The van der Waals surface area contributed by atoms with E-state index in [0.717, 1.165) is 4.88 Å². The lowest BCUT2D eigenvalue weighted by Crippen LogP contribution is -2.36. The molecule has 6 nitrogen and oxygen atoms in total. The van der Waals surface area contributed by atoms with Gasteiger partial charge >= 0.3 is 12.0 Å². The number of amides is 2. The number of carbonyl (C=O) groups is 2. The molecule has 1 aromatic rings. The van der Waals surface area contributed by atoms with Crippen molar-refractivity contribution < 1.29 is 19.5 Å². The van der Waals surface area contributed by atoms with E-state index in [0.29, 0.717) is 6.54 Å². The smallest absolute Gasteiger partial charge is 0.339 e. The Morgan fingerprint density at radius 2 is 2.25 bits per heavy atom. The van der Waals surface area contributed by atoms with Crippen molar-refractivity contribution in [3.05, 3.63) is 21.9 Å². The molecule has 7 heteroatoms. The van der Waals surface area contributed by atoms with Crippen molar-refractivity contribution >= 4 is 23.3 Å². The number of hydroxylamine groups is 1. The van der Waals surface area contributed by atoms with E-state index in [1.54, 1.807) is 11.3 Å². The monoisotopic (exact) mass is 244 g/mol. The largest absolute Gasteiger partial charge is 0.479 e. The Bertz CT molecular complexity index is 377. The van der Waals surface area contributed by atoms with E-state index < -0.39 is 18.6 Å². The highest BCUT2D eigenvalue weighted by Crippen LogP contribution is 2.14. The molecule has 0 aromatic carbocycles. The number of hydrogen-bond acceptors (Lipinski definition) is 4. The molecule has 88 valence electrons. The van der Waals surface area contributed by atoms with Crippen molar-refractivity contribution in [1.82, 2.24) is 10.8 Å². The number of aryl methyl sites for hydroxylation is 1. The van der Waals surface area contributed by atoms with Gasteiger partial charge in [-0.2, -0.15) is 0 Å². The van der Waals surface area contributed by atoms with E-state index in [9.17, 15) is 9.59 Å². The van der Waals surface area contributed by atoms with Crippen LogP contribution in [0.2, 0.25) is 0 Å². The van der Waals surface area contributed by atoms with E-state index in [1.165, 1.54) is 4.88 Å². The molecule has 0 aliphatic rings. The van der Waals surface area contributed by atoms with Gasteiger partial charge in [0.05, 0.1) is 6.54 Å². The molecule has 16 heavy (non-hydrogen) atoms. The summed E-state index contributed by atoms with van der Waals surface area (Å²) in [6, 6.07) is 3.31. The summed E-state index contributed by atoms with van der Waals surface area (Å²) in [5.74, 6) is -1.14. The van der Waals surface area contributed by atoms with Gasteiger partial charge in [0, 0.05) is 9.75 Å². The molecule has 2 amide bonds. The number of hydrogen-bond donors (Lipinski definition) is 3. The molecule has 0 saturated carbocycles. The first-order valence-electron chi connectivity index (χ1n) is 4.50.